The molecule has 1 atom stereocenters. The lowest BCUT2D eigenvalue weighted by molar-refractivity contribution is 0.0194. The molecule has 1 fully saturated rings. The predicted octanol–water partition coefficient (Wildman–Crippen LogP) is 1.12. The molecule has 1 aliphatic heterocycles. The smallest absolute Gasteiger partial charge is 0.341 e. The highest BCUT2D eigenvalue weighted by molar-refractivity contribution is 7.91. The lowest BCUT2D eigenvalue weighted by atomic mass is 9.97. The number of aromatic carboxylic acids is 1. The van der Waals surface area contributed by atoms with E-state index in [9.17, 15) is 38.4 Å². The number of carboxylic acid groups (broad SMARTS) is 1. The van der Waals surface area contributed by atoms with E-state index in [4.69, 9.17) is 9.47 Å². The van der Waals surface area contributed by atoms with Crippen LogP contribution in [0.15, 0.2) is 30.3 Å². The summed E-state index contributed by atoms with van der Waals surface area (Å²) >= 11 is 0. The maximum Gasteiger partial charge on any atom is 0.341 e. The van der Waals surface area contributed by atoms with E-state index in [0.717, 1.165) is 18.4 Å². The molecule has 12 heteroatoms. The van der Waals surface area contributed by atoms with Crippen LogP contribution in [0.2, 0.25) is 0 Å². The molecule has 2 aromatic carbocycles. The summed E-state index contributed by atoms with van der Waals surface area (Å²) in [7, 11) is -4.14. The molecule has 0 amide bonds. The van der Waals surface area contributed by atoms with Crippen molar-refractivity contribution in [2.24, 2.45) is 0 Å². The molecular weight excluding hydrogens is 470 g/mol. The van der Waals surface area contributed by atoms with Gasteiger partial charge in [-0.2, -0.15) is 0 Å². The highest BCUT2D eigenvalue weighted by Gasteiger charge is 2.34. The zero-order valence-electron chi connectivity index (χ0n) is 18.3. The van der Waals surface area contributed by atoms with Gasteiger partial charge in [0.05, 0.1) is 13.2 Å². The third-order valence-electron chi connectivity index (χ3n) is 5.38. The number of para-hydroxylation sites is 1. The Morgan fingerprint density at radius 3 is 2.32 bits per heavy atom. The summed E-state index contributed by atoms with van der Waals surface area (Å²) in [4.78, 5) is 26.0. The molecule has 2 aromatic rings. The molecule has 0 aliphatic carbocycles. The Morgan fingerprint density at radius 1 is 1.06 bits per heavy atom. The first-order valence-corrected chi connectivity index (χ1v) is 12.2. The molecule has 1 aliphatic rings. The number of carboxylic acids is 1. The molecule has 34 heavy (non-hydrogen) atoms. The minimum Gasteiger partial charge on any atom is -0.508 e. The fourth-order valence-corrected chi connectivity index (χ4v) is 5.03. The minimum absolute atomic E-state index is 0.0350. The summed E-state index contributed by atoms with van der Waals surface area (Å²) in [5.74, 6) is -4.67. The number of morpholine rings is 1. The van der Waals surface area contributed by atoms with Crippen LogP contribution in [0.3, 0.4) is 0 Å². The summed E-state index contributed by atoms with van der Waals surface area (Å²) in [6, 6.07) is 5.45. The number of sulfone groups is 1. The quantitative estimate of drug-likeness (QED) is 0.306. The number of esters is 1. The van der Waals surface area contributed by atoms with Crippen molar-refractivity contribution < 1.29 is 47.9 Å². The Hall–Kier alpha value is -3.35. The lowest BCUT2D eigenvalue weighted by Gasteiger charge is -2.26. The van der Waals surface area contributed by atoms with Gasteiger partial charge in [0.25, 0.3) is 0 Å². The van der Waals surface area contributed by atoms with Crippen LogP contribution in [0, 0.1) is 0 Å². The van der Waals surface area contributed by atoms with E-state index >= 15 is 0 Å². The van der Waals surface area contributed by atoms with Gasteiger partial charge in [-0.25, -0.2) is 18.0 Å². The van der Waals surface area contributed by atoms with Gasteiger partial charge in [0.2, 0.25) is 0 Å². The maximum absolute atomic E-state index is 12.7. The molecule has 4 N–H and O–H groups in total. The van der Waals surface area contributed by atoms with Crippen molar-refractivity contribution in [3.63, 3.8) is 0 Å². The number of nitrogens with zero attached hydrogens (tertiary/aromatic N) is 1. The average Bonchev–Trinajstić information content (AvgIpc) is 2.76. The summed E-state index contributed by atoms with van der Waals surface area (Å²) < 4.78 is 35.8. The van der Waals surface area contributed by atoms with E-state index in [2.05, 4.69) is 0 Å². The number of rotatable bonds is 8. The molecule has 0 aromatic heterocycles. The Kier molecular flexibility index (Phi) is 7.64. The van der Waals surface area contributed by atoms with E-state index in [1.165, 1.54) is 18.2 Å². The van der Waals surface area contributed by atoms with Gasteiger partial charge in [0.15, 0.2) is 9.84 Å². The number of carbonyl (C=O) groups is 2. The van der Waals surface area contributed by atoms with Gasteiger partial charge in [0, 0.05) is 37.0 Å². The van der Waals surface area contributed by atoms with Gasteiger partial charge >= 0.3 is 11.9 Å². The molecule has 0 radical (unpaired) electrons. The van der Waals surface area contributed by atoms with Crippen molar-refractivity contribution in [3.8, 4) is 17.2 Å². The normalized spacial score (nSPS) is 15.6. The van der Waals surface area contributed by atoms with Crippen molar-refractivity contribution in [3.05, 3.63) is 52.6 Å². The second-order valence-electron chi connectivity index (χ2n) is 7.78. The number of hydrogen-bond acceptors (Lipinski definition) is 10. The van der Waals surface area contributed by atoms with Gasteiger partial charge in [-0.15, -0.1) is 0 Å². The zero-order valence-corrected chi connectivity index (χ0v) is 19.1. The number of benzene rings is 2. The monoisotopic (exact) mass is 495 g/mol. The molecule has 0 bridgehead atoms. The van der Waals surface area contributed by atoms with Crippen molar-refractivity contribution in [1.82, 2.24) is 4.90 Å². The highest BCUT2D eigenvalue weighted by Crippen LogP contribution is 2.43. The summed E-state index contributed by atoms with van der Waals surface area (Å²) in [6.07, 6.45) is 0.814. The second kappa shape index (κ2) is 10.3. The van der Waals surface area contributed by atoms with E-state index in [1.807, 2.05) is 4.90 Å². The van der Waals surface area contributed by atoms with Crippen molar-refractivity contribution in [2.45, 2.75) is 5.25 Å². The Bertz CT molecular complexity index is 1190. The Labute approximate surface area is 195 Å². The third-order valence-corrected chi connectivity index (χ3v) is 6.74. The lowest BCUT2D eigenvalue weighted by Crippen LogP contribution is -2.38. The van der Waals surface area contributed by atoms with Crippen LogP contribution in [0.5, 0.6) is 17.2 Å². The van der Waals surface area contributed by atoms with E-state index < -0.39 is 55.4 Å². The fraction of sp³-hybridized carbons (Fsp3) is 0.364. The van der Waals surface area contributed by atoms with Gasteiger partial charge in [-0.1, -0.05) is 12.1 Å². The van der Waals surface area contributed by atoms with E-state index in [-0.39, 0.29) is 17.7 Å². The fourth-order valence-electron chi connectivity index (χ4n) is 3.74. The molecule has 3 rings (SSSR count). The molecule has 1 unspecified atom stereocenters. The number of aromatic hydroxyl groups is 3. The van der Waals surface area contributed by atoms with Crippen LogP contribution in [0.1, 0.15) is 37.1 Å². The standard InChI is InChI=1S/C22H25NO10S/c1-34(30,31)20(16-11-13(24)12-17(19(16)26)21(27)28)14-3-2-4-15(18(14)25)22(29)33-10-7-23-5-8-32-9-6-23/h2-4,11-12,20,24-26H,5-10H2,1H3,(H,27,28). The Balaban J connectivity index is 1.95. The van der Waals surface area contributed by atoms with Crippen LogP contribution >= 0.6 is 0 Å². The van der Waals surface area contributed by atoms with E-state index in [0.29, 0.717) is 32.8 Å². The van der Waals surface area contributed by atoms with Crippen LogP contribution in [0.25, 0.3) is 0 Å². The Morgan fingerprint density at radius 2 is 1.71 bits per heavy atom. The number of carbonyl (C=O) groups excluding carboxylic acids is 1. The summed E-state index contributed by atoms with van der Waals surface area (Å²) in [5, 5.41) is 38.7. The van der Waals surface area contributed by atoms with Gasteiger partial charge in [0.1, 0.15) is 40.2 Å². The summed E-state index contributed by atoms with van der Waals surface area (Å²) in [6.45, 7) is 3.04. The SMILES string of the molecule is CS(=O)(=O)C(c1cc(O)cc(C(=O)O)c1O)c1cccc(C(=O)OCCN2CCOCC2)c1O. The third kappa shape index (κ3) is 5.58. The first-order valence-electron chi connectivity index (χ1n) is 10.3. The van der Waals surface area contributed by atoms with Crippen LogP contribution in [0.4, 0.5) is 0 Å². The molecule has 1 saturated heterocycles. The first kappa shape index (κ1) is 25.3. The number of hydrogen-bond donors (Lipinski definition) is 4. The highest BCUT2D eigenvalue weighted by atomic mass is 32.2. The molecule has 0 saturated carbocycles. The van der Waals surface area contributed by atoms with E-state index in [1.54, 1.807) is 0 Å². The first-order chi connectivity index (χ1) is 16.0. The number of phenols is 3. The molecule has 184 valence electrons. The molecule has 0 spiro atoms. The number of ether oxygens (including phenoxy) is 2. The second-order valence-corrected chi connectivity index (χ2v) is 9.91. The molecule has 11 nitrogen and oxygen atoms in total. The van der Waals surface area contributed by atoms with Crippen molar-refractivity contribution >= 4 is 21.8 Å². The predicted molar refractivity (Wildman–Crippen MR) is 119 cm³/mol. The zero-order chi connectivity index (χ0) is 25.0. The van der Waals surface area contributed by atoms with Gasteiger partial charge in [-0.05, 0) is 18.2 Å². The average molecular weight is 496 g/mol. The molecular formula is C22H25NO10S. The topological polar surface area (TPSA) is 171 Å². The largest absolute Gasteiger partial charge is 0.508 e. The van der Waals surface area contributed by atoms with Crippen LogP contribution < -0.4 is 0 Å². The van der Waals surface area contributed by atoms with Gasteiger partial charge in [-0.3, -0.25) is 4.90 Å². The maximum atomic E-state index is 12.7. The molecule has 1 heterocycles. The minimum atomic E-state index is -4.14. The van der Waals surface area contributed by atoms with Crippen LogP contribution in [-0.2, 0) is 19.3 Å². The summed E-state index contributed by atoms with van der Waals surface area (Å²) in [5.41, 5.74) is -1.77. The van der Waals surface area contributed by atoms with Crippen molar-refractivity contribution in [2.75, 3.05) is 45.7 Å². The van der Waals surface area contributed by atoms with Crippen molar-refractivity contribution in [1.29, 1.82) is 0 Å². The van der Waals surface area contributed by atoms with Crippen LogP contribution in [-0.4, -0.2) is 91.4 Å². The number of phenolic OH excluding ortho intramolecular Hbond substituents is 2. The van der Waals surface area contributed by atoms with Gasteiger partial charge < -0.3 is 29.9 Å².